The second-order valence-electron chi connectivity index (χ2n) is 4.42. The first kappa shape index (κ1) is 11.7. The van der Waals surface area contributed by atoms with Gasteiger partial charge in [-0.3, -0.25) is 4.79 Å². The third-order valence-corrected chi connectivity index (χ3v) is 3.17. The molecular weight excluding hydrogens is 243 g/mol. The van der Waals surface area contributed by atoms with Gasteiger partial charge in [-0.05, 0) is 24.3 Å². The Morgan fingerprint density at radius 2 is 1.68 bits per heavy atom. The smallest absolute Gasteiger partial charge is 0.226 e. The van der Waals surface area contributed by atoms with E-state index in [1.54, 1.807) is 18.2 Å². The molecule has 0 aromatic heterocycles. The van der Waals surface area contributed by atoms with Crippen molar-refractivity contribution in [2.24, 2.45) is 0 Å². The maximum absolute atomic E-state index is 14.0. The summed E-state index contributed by atoms with van der Waals surface area (Å²) in [5.74, 6) is -0.335. The summed E-state index contributed by atoms with van der Waals surface area (Å²) in [4.78, 5) is 13.5. The van der Waals surface area contributed by atoms with Crippen molar-refractivity contribution < 1.29 is 9.18 Å². The Balaban J connectivity index is 2.12. The van der Waals surface area contributed by atoms with Crippen molar-refractivity contribution in [3.63, 3.8) is 0 Å². The highest BCUT2D eigenvalue weighted by Gasteiger charge is 2.21. The van der Waals surface area contributed by atoms with Crippen LogP contribution in [0.3, 0.4) is 0 Å². The van der Waals surface area contributed by atoms with Crippen LogP contribution in [-0.4, -0.2) is 12.5 Å². The first-order chi connectivity index (χ1) is 9.25. The molecule has 0 radical (unpaired) electrons. The van der Waals surface area contributed by atoms with Crippen molar-refractivity contribution in [1.29, 1.82) is 0 Å². The number of benzene rings is 2. The van der Waals surface area contributed by atoms with Crippen molar-refractivity contribution in [3.05, 3.63) is 54.3 Å². The molecule has 0 bridgehead atoms. The van der Waals surface area contributed by atoms with Crippen molar-refractivity contribution in [1.82, 2.24) is 0 Å². The molecule has 0 saturated carbocycles. The summed E-state index contributed by atoms with van der Waals surface area (Å²) in [7, 11) is 0. The number of hydrogen-bond acceptors (Lipinski definition) is 2. The molecule has 1 aliphatic heterocycles. The zero-order chi connectivity index (χ0) is 13.2. The lowest BCUT2D eigenvalue weighted by molar-refractivity contribution is -0.115. The number of nitrogens with one attached hydrogen (secondary N) is 1. The number of nitrogens with zero attached hydrogens (tertiary/aromatic N) is 1. The molecule has 1 amide bonds. The van der Waals surface area contributed by atoms with Gasteiger partial charge >= 0.3 is 0 Å². The van der Waals surface area contributed by atoms with E-state index in [1.807, 2.05) is 29.2 Å². The number of halogens is 1. The minimum atomic E-state index is -0.286. The summed E-state index contributed by atoms with van der Waals surface area (Å²) in [6.07, 6.45) is 0.336. The second-order valence-corrected chi connectivity index (χ2v) is 4.42. The summed E-state index contributed by atoms with van der Waals surface area (Å²) in [5.41, 5.74) is 2.03. The molecular formula is C15H13FN2O. The highest BCUT2D eigenvalue weighted by molar-refractivity contribution is 5.97. The van der Waals surface area contributed by atoms with E-state index in [2.05, 4.69) is 5.32 Å². The third kappa shape index (κ3) is 2.17. The van der Waals surface area contributed by atoms with Crippen molar-refractivity contribution in [3.8, 4) is 0 Å². The summed E-state index contributed by atoms with van der Waals surface area (Å²) in [6.45, 7) is 0.462. The van der Waals surface area contributed by atoms with Gasteiger partial charge in [-0.2, -0.15) is 0 Å². The van der Waals surface area contributed by atoms with Crippen LogP contribution in [0, 0.1) is 5.82 Å². The predicted molar refractivity (Wildman–Crippen MR) is 73.1 cm³/mol. The molecule has 4 heteroatoms. The first-order valence-corrected chi connectivity index (χ1v) is 6.16. The minimum Gasteiger partial charge on any atom is -0.337 e. The lowest BCUT2D eigenvalue weighted by Gasteiger charge is -2.24. The molecule has 0 atom stereocenters. The van der Waals surface area contributed by atoms with Crippen LogP contribution in [0.2, 0.25) is 0 Å². The molecule has 0 fully saturated rings. The van der Waals surface area contributed by atoms with Crippen molar-refractivity contribution in [2.45, 2.75) is 6.42 Å². The van der Waals surface area contributed by atoms with Crippen LogP contribution in [0.4, 0.5) is 21.5 Å². The van der Waals surface area contributed by atoms with E-state index in [4.69, 9.17) is 0 Å². The Bertz CT molecular complexity index is 627. The number of rotatable bonds is 1. The Labute approximate surface area is 110 Å². The van der Waals surface area contributed by atoms with Crippen LogP contribution in [0.5, 0.6) is 0 Å². The molecule has 2 aromatic carbocycles. The summed E-state index contributed by atoms with van der Waals surface area (Å²) >= 11 is 0. The first-order valence-electron chi connectivity index (χ1n) is 6.16. The van der Waals surface area contributed by atoms with Crippen LogP contribution >= 0.6 is 0 Å². The lowest BCUT2D eigenvalue weighted by Crippen LogP contribution is -2.19. The number of carbonyl (C=O) groups excluding carboxylic acids is 1. The van der Waals surface area contributed by atoms with E-state index < -0.39 is 0 Å². The van der Waals surface area contributed by atoms with E-state index in [9.17, 15) is 9.18 Å². The van der Waals surface area contributed by atoms with Gasteiger partial charge in [-0.25, -0.2) is 4.39 Å². The molecule has 1 N–H and O–H groups in total. The minimum absolute atomic E-state index is 0.0497. The Kier molecular flexibility index (Phi) is 2.91. The number of carbonyl (C=O) groups is 1. The molecule has 0 aliphatic carbocycles. The maximum Gasteiger partial charge on any atom is 0.226 e. The van der Waals surface area contributed by atoms with E-state index in [1.165, 1.54) is 6.07 Å². The fourth-order valence-electron chi connectivity index (χ4n) is 2.28. The quantitative estimate of drug-likeness (QED) is 0.849. The maximum atomic E-state index is 14.0. The van der Waals surface area contributed by atoms with Crippen LogP contribution in [0.1, 0.15) is 6.42 Å². The van der Waals surface area contributed by atoms with Gasteiger partial charge in [-0.15, -0.1) is 0 Å². The van der Waals surface area contributed by atoms with Crippen LogP contribution in [0.15, 0.2) is 48.5 Å². The van der Waals surface area contributed by atoms with E-state index in [0.717, 1.165) is 5.69 Å². The van der Waals surface area contributed by atoms with Crippen LogP contribution < -0.4 is 10.2 Å². The van der Waals surface area contributed by atoms with Crippen LogP contribution in [-0.2, 0) is 4.79 Å². The molecule has 1 aliphatic rings. The third-order valence-electron chi connectivity index (χ3n) is 3.17. The Morgan fingerprint density at radius 3 is 2.47 bits per heavy atom. The van der Waals surface area contributed by atoms with Gasteiger partial charge in [0.25, 0.3) is 0 Å². The number of anilines is 3. The van der Waals surface area contributed by atoms with Gasteiger partial charge in [0.1, 0.15) is 5.82 Å². The molecule has 0 saturated heterocycles. The molecule has 1 heterocycles. The fraction of sp³-hybridized carbons (Fsp3) is 0.133. The number of para-hydroxylation sites is 3. The normalized spacial score (nSPS) is 14.6. The molecule has 2 aromatic rings. The summed E-state index contributed by atoms with van der Waals surface area (Å²) < 4.78 is 14.0. The van der Waals surface area contributed by atoms with Gasteiger partial charge in [0.05, 0.1) is 17.1 Å². The molecule has 96 valence electrons. The highest BCUT2D eigenvalue weighted by Crippen LogP contribution is 2.35. The monoisotopic (exact) mass is 256 g/mol. The Morgan fingerprint density at radius 1 is 1.00 bits per heavy atom. The van der Waals surface area contributed by atoms with E-state index in [-0.39, 0.29) is 11.7 Å². The number of hydrogen-bond donors (Lipinski definition) is 1. The SMILES string of the molecule is O=C1CCN(c2ccccc2F)c2ccccc2N1. The molecule has 19 heavy (non-hydrogen) atoms. The Hall–Kier alpha value is -2.36. The average Bonchev–Trinajstić information content (AvgIpc) is 2.58. The van der Waals surface area contributed by atoms with E-state index in [0.29, 0.717) is 24.3 Å². The largest absolute Gasteiger partial charge is 0.337 e. The standard InChI is InChI=1S/C15H13FN2O/c16-11-5-1-3-7-13(11)18-10-9-15(19)17-12-6-2-4-8-14(12)18/h1-8H,9-10H2,(H,17,19). The predicted octanol–water partition coefficient (Wildman–Crippen LogP) is 3.31. The lowest BCUT2D eigenvalue weighted by atomic mass is 10.2. The topological polar surface area (TPSA) is 32.3 Å². The second kappa shape index (κ2) is 4.72. The number of amides is 1. The molecule has 3 nitrogen and oxygen atoms in total. The molecule has 3 rings (SSSR count). The van der Waals surface area contributed by atoms with E-state index >= 15 is 0 Å². The number of fused-ring (bicyclic) bond motifs is 1. The van der Waals surface area contributed by atoms with Crippen molar-refractivity contribution in [2.75, 3.05) is 16.8 Å². The summed E-state index contributed by atoms with van der Waals surface area (Å²) in [5, 5.41) is 2.84. The van der Waals surface area contributed by atoms with Gasteiger partial charge < -0.3 is 10.2 Å². The summed E-state index contributed by atoms with van der Waals surface area (Å²) in [6, 6.07) is 14.0. The molecule has 0 spiro atoms. The average molecular weight is 256 g/mol. The van der Waals surface area contributed by atoms with Crippen molar-refractivity contribution >= 4 is 23.0 Å². The van der Waals surface area contributed by atoms with Gasteiger partial charge in [0.2, 0.25) is 5.91 Å². The fourth-order valence-corrected chi connectivity index (χ4v) is 2.28. The van der Waals surface area contributed by atoms with Gasteiger partial charge in [-0.1, -0.05) is 24.3 Å². The highest BCUT2D eigenvalue weighted by atomic mass is 19.1. The van der Waals surface area contributed by atoms with Gasteiger partial charge in [0, 0.05) is 13.0 Å². The molecule has 0 unspecified atom stereocenters. The van der Waals surface area contributed by atoms with Gasteiger partial charge in [0.15, 0.2) is 0 Å². The zero-order valence-corrected chi connectivity index (χ0v) is 10.3. The zero-order valence-electron chi connectivity index (χ0n) is 10.3. The van der Waals surface area contributed by atoms with Crippen LogP contribution in [0.25, 0.3) is 0 Å².